The molecule has 0 radical (unpaired) electrons. The van der Waals surface area contributed by atoms with Gasteiger partial charge < -0.3 is 34.3 Å². The maximum Gasteiger partial charge on any atom is 0.306 e. The van der Waals surface area contributed by atoms with E-state index in [9.17, 15) is 37.9 Å². The molecule has 0 saturated carbocycles. The number of esters is 2. The van der Waals surface area contributed by atoms with Crippen LogP contribution in [-0.4, -0.2) is 96.0 Å². The van der Waals surface area contributed by atoms with Gasteiger partial charge in [0, 0.05) is 12.8 Å². The van der Waals surface area contributed by atoms with Crippen molar-refractivity contribution in [3.8, 4) is 0 Å². The first-order valence-corrected chi connectivity index (χ1v) is 21.2. The molecule has 1 rings (SSSR count). The minimum Gasteiger partial charge on any atom is -0.462 e. The molecule has 0 spiro atoms. The summed E-state index contributed by atoms with van der Waals surface area (Å²) in [5.74, 6) is -2.02. The van der Waals surface area contributed by atoms with E-state index in [0.29, 0.717) is 12.8 Å². The lowest BCUT2D eigenvalue weighted by Gasteiger charge is -2.40. The molecule has 1 fully saturated rings. The highest BCUT2D eigenvalue weighted by atomic mass is 32.2. The number of rotatable bonds is 31. The molecular formula is C39H68O12S. The van der Waals surface area contributed by atoms with Crippen LogP contribution in [0.15, 0.2) is 36.5 Å². The standard InChI is InChI=1S/C39H68O12S/c1-3-5-7-9-11-12-13-14-15-16-17-18-19-20-22-23-25-27-34(40)48-29-32(50-35(41)28-26-24-21-10-8-6-4-2)30-49-39-38(44)37(43)36(42)33(51-39)31-52(45,46)47/h11-12,14-15,17-18,32-33,36-39,42-44H,3-10,13,16,19-31H2,1-2H3,(H,45,46,47)/b12-11+,15-14+,18-17+/t32-,33-,36-,37?,38?,39+/m1/s1. The molecule has 12 nitrogen and oxygen atoms in total. The number of carbonyl (C=O) groups excluding carboxylic acids is 2. The third kappa shape index (κ3) is 25.0. The summed E-state index contributed by atoms with van der Waals surface area (Å²) in [6.07, 6.45) is 22.3. The monoisotopic (exact) mass is 760 g/mol. The van der Waals surface area contributed by atoms with Crippen LogP contribution in [0.25, 0.3) is 0 Å². The Labute approximate surface area is 312 Å². The molecule has 52 heavy (non-hydrogen) atoms. The summed E-state index contributed by atoms with van der Waals surface area (Å²) in [5.41, 5.74) is 0. The topological polar surface area (TPSA) is 186 Å². The molecule has 13 heteroatoms. The second kappa shape index (κ2) is 30.2. The Morgan fingerprint density at radius 1 is 0.654 bits per heavy atom. The summed E-state index contributed by atoms with van der Waals surface area (Å²) >= 11 is 0. The number of aliphatic hydroxyl groups excluding tert-OH is 3. The Morgan fingerprint density at radius 3 is 1.75 bits per heavy atom. The highest BCUT2D eigenvalue weighted by Gasteiger charge is 2.46. The Hall–Kier alpha value is -2.13. The molecule has 1 aliphatic heterocycles. The molecule has 1 saturated heterocycles. The summed E-state index contributed by atoms with van der Waals surface area (Å²) in [6, 6.07) is 0. The first-order valence-electron chi connectivity index (χ1n) is 19.5. The first kappa shape index (κ1) is 47.9. The zero-order valence-electron chi connectivity index (χ0n) is 31.7. The second-order valence-electron chi connectivity index (χ2n) is 13.6. The fourth-order valence-corrected chi connectivity index (χ4v) is 6.31. The summed E-state index contributed by atoms with van der Waals surface area (Å²) in [7, 11) is -4.60. The largest absolute Gasteiger partial charge is 0.462 e. The van der Waals surface area contributed by atoms with Gasteiger partial charge in [-0.3, -0.25) is 14.1 Å². The van der Waals surface area contributed by atoms with Gasteiger partial charge in [-0.15, -0.1) is 0 Å². The predicted molar refractivity (Wildman–Crippen MR) is 201 cm³/mol. The third-order valence-corrected chi connectivity index (χ3v) is 9.47. The lowest BCUT2D eigenvalue weighted by atomic mass is 10.00. The average Bonchev–Trinajstić information content (AvgIpc) is 3.10. The van der Waals surface area contributed by atoms with Crippen molar-refractivity contribution in [2.24, 2.45) is 0 Å². The molecule has 0 aromatic heterocycles. The molecule has 0 aromatic carbocycles. The van der Waals surface area contributed by atoms with Crippen LogP contribution in [0.3, 0.4) is 0 Å². The quantitative estimate of drug-likeness (QED) is 0.0255. The minimum atomic E-state index is -4.60. The smallest absolute Gasteiger partial charge is 0.306 e. The normalized spacial score (nSPS) is 21.7. The second-order valence-corrected chi connectivity index (χ2v) is 15.1. The van der Waals surface area contributed by atoms with Crippen molar-refractivity contribution in [1.82, 2.24) is 0 Å². The van der Waals surface area contributed by atoms with Gasteiger partial charge in [0.15, 0.2) is 12.4 Å². The molecule has 0 aliphatic carbocycles. The van der Waals surface area contributed by atoms with E-state index in [0.717, 1.165) is 77.0 Å². The van der Waals surface area contributed by atoms with Crippen LogP contribution in [0, 0.1) is 0 Å². The zero-order chi connectivity index (χ0) is 38.5. The van der Waals surface area contributed by atoms with Crippen molar-refractivity contribution in [3.63, 3.8) is 0 Å². The van der Waals surface area contributed by atoms with E-state index in [1.54, 1.807) is 0 Å². The van der Waals surface area contributed by atoms with E-state index < -0.39 is 71.2 Å². The van der Waals surface area contributed by atoms with Crippen LogP contribution >= 0.6 is 0 Å². The summed E-state index contributed by atoms with van der Waals surface area (Å²) in [5, 5.41) is 30.7. The van der Waals surface area contributed by atoms with Crippen molar-refractivity contribution < 1.29 is 56.8 Å². The fraction of sp³-hybridized carbons (Fsp3) is 0.795. The van der Waals surface area contributed by atoms with E-state index in [1.165, 1.54) is 25.7 Å². The van der Waals surface area contributed by atoms with Crippen LogP contribution < -0.4 is 0 Å². The number of unbranched alkanes of at least 4 members (excludes halogenated alkanes) is 13. The molecular weight excluding hydrogens is 692 g/mol. The van der Waals surface area contributed by atoms with Crippen LogP contribution in [0.5, 0.6) is 0 Å². The van der Waals surface area contributed by atoms with Crippen LogP contribution in [0.1, 0.15) is 142 Å². The molecule has 2 unspecified atom stereocenters. The van der Waals surface area contributed by atoms with E-state index in [4.69, 9.17) is 18.9 Å². The van der Waals surface area contributed by atoms with Crippen molar-refractivity contribution in [1.29, 1.82) is 0 Å². The SMILES string of the molecule is CCCCC/C=C/C/C=C/C/C=C/CCCCCCC(=O)OC[C@H](CO[C@H]1O[C@H](CS(=O)(=O)O)[C@@H](O)C(O)C1O)OC(=O)CCCCCCCCC. The number of ether oxygens (including phenoxy) is 4. The highest BCUT2D eigenvalue weighted by Crippen LogP contribution is 2.24. The van der Waals surface area contributed by atoms with Gasteiger partial charge in [-0.1, -0.05) is 115 Å². The van der Waals surface area contributed by atoms with Gasteiger partial charge in [-0.05, 0) is 51.4 Å². The van der Waals surface area contributed by atoms with Gasteiger partial charge in [-0.2, -0.15) is 8.42 Å². The Kier molecular flexibility index (Phi) is 27.8. The molecule has 302 valence electrons. The molecule has 0 bridgehead atoms. The van der Waals surface area contributed by atoms with E-state index in [2.05, 4.69) is 50.3 Å². The zero-order valence-corrected chi connectivity index (χ0v) is 32.5. The van der Waals surface area contributed by atoms with Gasteiger partial charge in [-0.25, -0.2) is 0 Å². The van der Waals surface area contributed by atoms with Crippen LogP contribution in [-0.2, 0) is 38.7 Å². The van der Waals surface area contributed by atoms with E-state index in [1.807, 2.05) is 0 Å². The van der Waals surface area contributed by atoms with Gasteiger partial charge in [0.1, 0.15) is 36.8 Å². The number of allylic oxidation sites excluding steroid dienone is 6. The third-order valence-electron chi connectivity index (χ3n) is 8.72. The van der Waals surface area contributed by atoms with Gasteiger partial charge >= 0.3 is 11.9 Å². The van der Waals surface area contributed by atoms with Crippen molar-refractivity contribution in [3.05, 3.63) is 36.5 Å². The first-order chi connectivity index (χ1) is 25.0. The summed E-state index contributed by atoms with van der Waals surface area (Å²) in [6.45, 7) is 3.62. The molecule has 1 heterocycles. The minimum absolute atomic E-state index is 0.158. The molecule has 4 N–H and O–H groups in total. The van der Waals surface area contributed by atoms with Gasteiger partial charge in [0.25, 0.3) is 10.1 Å². The molecule has 1 aliphatic rings. The van der Waals surface area contributed by atoms with Crippen molar-refractivity contribution in [2.45, 2.75) is 179 Å². The Balaban J connectivity index is 2.47. The number of hydrogen-bond donors (Lipinski definition) is 4. The van der Waals surface area contributed by atoms with Gasteiger partial charge in [0.2, 0.25) is 0 Å². The molecule has 0 amide bonds. The van der Waals surface area contributed by atoms with Crippen molar-refractivity contribution in [2.75, 3.05) is 19.0 Å². The Morgan fingerprint density at radius 2 is 1.15 bits per heavy atom. The van der Waals surface area contributed by atoms with Crippen molar-refractivity contribution >= 4 is 22.1 Å². The average molecular weight is 761 g/mol. The lowest BCUT2D eigenvalue weighted by Crippen LogP contribution is -2.60. The molecule has 6 atom stereocenters. The van der Waals surface area contributed by atoms with Gasteiger partial charge in [0.05, 0.1) is 6.61 Å². The molecule has 0 aromatic rings. The number of carbonyl (C=O) groups is 2. The fourth-order valence-electron chi connectivity index (χ4n) is 5.62. The van der Waals surface area contributed by atoms with E-state index in [-0.39, 0.29) is 19.4 Å². The number of aliphatic hydroxyl groups is 3. The summed E-state index contributed by atoms with van der Waals surface area (Å²) in [4.78, 5) is 25.1. The predicted octanol–water partition coefficient (Wildman–Crippen LogP) is 6.66. The maximum absolute atomic E-state index is 12.6. The van der Waals surface area contributed by atoms with E-state index >= 15 is 0 Å². The lowest BCUT2D eigenvalue weighted by molar-refractivity contribution is -0.297. The summed E-state index contributed by atoms with van der Waals surface area (Å²) < 4.78 is 53.7. The van der Waals surface area contributed by atoms with Crippen LogP contribution in [0.2, 0.25) is 0 Å². The number of hydrogen-bond acceptors (Lipinski definition) is 11. The van der Waals surface area contributed by atoms with Crippen LogP contribution in [0.4, 0.5) is 0 Å². The Bertz CT molecular complexity index is 1120. The maximum atomic E-state index is 12.6. The highest BCUT2D eigenvalue weighted by molar-refractivity contribution is 7.85.